The zero-order valence-corrected chi connectivity index (χ0v) is 8.45. The summed E-state index contributed by atoms with van der Waals surface area (Å²) in [6, 6.07) is -1.13. The Balaban J connectivity index is 2.23. The summed E-state index contributed by atoms with van der Waals surface area (Å²) in [5.41, 5.74) is 0. The molecule has 1 unspecified atom stereocenters. The number of aliphatic carboxylic acids is 1. The van der Waals surface area contributed by atoms with E-state index >= 15 is 0 Å². The van der Waals surface area contributed by atoms with E-state index in [9.17, 15) is 14.4 Å². The zero-order valence-electron chi connectivity index (χ0n) is 8.45. The number of carbonyl (C=O) groups is 3. The predicted molar refractivity (Wildman–Crippen MR) is 49.6 cm³/mol. The Morgan fingerprint density at radius 1 is 1.47 bits per heavy atom. The smallest absolute Gasteiger partial charge is 0.328 e. The molecule has 1 atom stereocenters. The molecule has 10 nitrogen and oxygen atoms in total. The number of H-pyrrole nitrogens is 1. The molecule has 10 heteroatoms. The molecule has 1 aromatic rings. The van der Waals surface area contributed by atoms with E-state index in [0.29, 0.717) is 0 Å². The van der Waals surface area contributed by atoms with Crippen LogP contribution in [0.2, 0.25) is 0 Å². The number of aromatic nitrogens is 4. The van der Waals surface area contributed by atoms with Crippen molar-refractivity contribution in [3.05, 3.63) is 5.82 Å². The van der Waals surface area contributed by atoms with Crippen molar-refractivity contribution in [1.82, 2.24) is 30.8 Å². The summed E-state index contributed by atoms with van der Waals surface area (Å²) < 4.78 is 0. The zero-order chi connectivity index (χ0) is 12.4. The largest absolute Gasteiger partial charge is 0.480 e. The van der Waals surface area contributed by atoms with Gasteiger partial charge >= 0.3 is 5.97 Å². The van der Waals surface area contributed by atoms with E-state index in [1.54, 1.807) is 0 Å². The second kappa shape index (κ2) is 4.15. The van der Waals surface area contributed by atoms with E-state index in [2.05, 4.69) is 25.9 Å². The molecule has 0 saturated carbocycles. The van der Waals surface area contributed by atoms with Crippen LogP contribution in [-0.4, -0.2) is 67.5 Å². The van der Waals surface area contributed by atoms with Crippen LogP contribution in [0, 0.1) is 0 Å². The highest BCUT2D eigenvalue weighted by Gasteiger charge is 2.36. The summed E-state index contributed by atoms with van der Waals surface area (Å²) in [5, 5.41) is 23.5. The third-order valence-electron chi connectivity index (χ3n) is 2.27. The molecule has 3 N–H and O–H groups in total. The van der Waals surface area contributed by atoms with E-state index in [1.165, 1.54) is 0 Å². The van der Waals surface area contributed by atoms with Crippen LogP contribution >= 0.6 is 0 Å². The minimum atomic E-state index is -1.21. The Morgan fingerprint density at radius 3 is 2.82 bits per heavy atom. The van der Waals surface area contributed by atoms with Crippen LogP contribution in [-0.2, 0) is 9.59 Å². The molecule has 0 aromatic carbocycles. The van der Waals surface area contributed by atoms with E-state index in [-0.39, 0.29) is 18.9 Å². The minimum absolute atomic E-state index is 0.141. The molecule has 2 rings (SSSR count). The summed E-state index contributed by atoms with van der Waals surface area (Å²) >= 11 is 0. The number of hydrogen-bond acceptors (Lipinski definition) is 6. The molecule has 0 bridgehead atoms. The predicted octanol–water partition coefficient (Wildman–Crippen LogP) is -2.78. The third-order valence-corrected chi connectivity index (χ3v) is 2.27. The Bertz CT molecular complexity index is 457. The minimum Gasteiger partial charge on any atom is -0.480 e. The third kappa shape index (κ3) is 2.04. The Kier molecular flexibility index (Phi) is 2.68. The van der Waals surface area contributed by atoms with Gasteiger partial charge in [-0.15, -0.1) is 10.2 Å². The second-order valence-corrected chi connectivity index (χ2v) is 3.33. The van der Waals surface area contributed by atoms with Crippen molar-refractivity contribution < 1.29 is 19.5 Å². The molecule has 1 saturated heterocycles. The lowest BCUT2D eigenvalue weighted by Crippen LogP contribution is -2.59. The molecule has 2 amide bonds. The van der Waals surface area contributed by atoms with E-state index in [1.807, 2.05) is 0 Å². The van der Waals surface area contributed by atoms with Gasteiger partial charge < -0.3 is 15.3 Å². The molecule has 17 heavy (non-hydrogen) atoms. The molecule has 1 aliphatic heterocycles. The highest BCUT2D eigenvalue weighted by Crippen LogP contribution is 2.07. The van der Waals surface area contributed by atoms with Gasteiger partial charge in [0.2, 0.25) is 5.91 Å². The number of rotatable bonds is 2. The van der Waals surface area contributed by atoms with Gasteiger partial charge in [0.1, 0.15) is 12.6 Å². The number of aromatic amines is 1. The van der Waals surface area contributed by atoms with Gasteiger partial charge in [-0.2, -0.15) is 5.21 Å². The fraction of sp³-hybridized carbons (Fsp3) is 0.429. The Hall–Kier alpha value is -2.52. The molecule has 0 spiro atoms. The van der Waals surface area contributed by atoms with Crippen LogP contribution in [0.5, 0.6) is 0 Å². The maximum atomic E-state index is 11.8. The molecule has 2 heterocycles. The van der Waals surface area contributed by atoms with Crippen molar-refractivity contribution in [2.75, 3.05) is 13.1 Å². The Labute approximate surface area is 94.0 Å². The van der Waals surface area contributed by atoms with Crippen LogP contribution in [0.3, 0.4) is 0 Å². The van der Waals surface area contributed by atoms with Gasteiger partial charge in [0.25, 0.3) is 11.7 Å². The van der Waals surface area contributed by atoms with Crippen molar-refractivity contribution in [1.29, 1.82) is 0 Å². The van der Waals surface area contributed by atoms with Gasteiger partial charge in [0, 0.05) is 6.54 Å². The Morgan fingerprint density at radius 2 is 2.24 bits per heavy atom. The molecule has 0 aliphatic carbocycles. The lowest BCUT2D eigenvalue weighted by molar-refractivity contribution is -0.144. The summed E-state index contributed by atoms with van der Waals surface area (Å²) in [6.45, 7) is -0.484. The lowest BCUT2D eigenvalue weighted by atomic mass is 10.2. The first kappa shape index (κ1) is 11.0. The van der Waals surface area contributed by atoms with Crippen molar-refractivity contribution in [2.24, 2.45) is 0 Å². The highest BCUT2D eigenvalue weighted by molar-refractivity contribution is 5.97. The van der Waals surface area contributed by atoms with Crippen molar-refractivity contribution in [3.8, 4) is 0 Å². The summed E-state index contributed by atoms with van der Waals surface area (Å²) in [4.78, 5) is 34.8. The number of hydrogen-bond donors (Lipinski definition) is 3. The van der Waals surface area contributed by atoms with E-state index in [4.69, 9.17) is 5.11 Å². The first-order valence-corrected chi connectivity index (χ1v) is 4.63. The first-order chi connectivity index (χ1) is 8.09. The van der Waals surface area contributed by atoms with Gasteiger partial charge in [-0.25, -0.2) is 4.79 Å². The molecule has 1 aliphatic rings. The van der Waals surface area contributed by atoms with Gasteiger partial charge in [-0.3, -0.25) is 9.59 Å². The SMILES string of the molecule is O=C1CN(C(=O)c2nn[nH]n2)C(C(=O)O)CN1. The van der Waals surface area contributed by atoms with Gasteiger partial charge in [-0.05, 0) is 5.21 Å². The van der Waals surface area contributed by atoms with Crippen LogP contribution < -0.4 is 5.32 Å². The summed E-state index contributed by atoms with van der Waals surface area (Å²) in [5.74, 6) is -2.66. The number of carboxylic acids is 1. The van der Waals surface area contributed by atoms with Crippen LogP contribution in [0.4, 0.5) is 0 Å². The first-order valence-electron chi connectivity index (χ1n) is 4.63. The fourth-order valence-electron chi connectivity index (χ4n) is 1.46. The maximum Gasteiger partial charge on any atom is 0.328 e. The molecule has 1 fully saturated rings. The van der Waals surface area contributed by atoms with Crippen molar-refractivity contribution in [2.45, 2.75) is 6.04 Å². The molecule has 0 radical (unpaired) electrons. The van der Waals surface area contributed by atoms with Crippen molar-refractivity contribution >= 4 is 17.8 Å². The molecular formula is C7H8N6O4. The fourth-order valence-corrected chi connectivity index (χ4v) is 1.46. The number of nitrogens with zero attached hydrogens (tertiary/aromatic N) is 4. The molecule has 90 valence electrons. The van der Waals surface area contributed by atoms with Gasteiger partial charge in [0.15, 0.2) is 0 Å². The van der Waals surface area contributed by atoms with Crippen LogP contribution in [0.1, 0.15) is 10.6 Å². The maximum absolute atomic E-state index is 11.8. The lowest BCUT2D eigenvalue weighted by Gasteiger charge is -2.31. The van der Waals surface area contributed by atoms with Crippen LogP contribution in [0.15, 0.2) is 0 Å². The number of nitrogens with one attached hydrogen (secondary N) is 2. The highest BCUT2D eigenvalue weighted by atomic mass is 16.4. The average molecular weight is 240 g/mol. The number of carboxylic acid groups (broad SMARTS) is 1. The monoisotopic (exact) mass is 240 g/mol. The topological polar surface area (TPSA) is 141 Å². The molecular weight excluding hydrogens is 232 g/mol. The number of carbonyl (C=O) groups excluding carboxylic acids is 2. The quantitative estimate of drug-likeness (QED) is 0.507. The molecule has 1 aromatic heterocycles. The van der Waals surface area contributed by atoms with Gasteiger partial charge in [-0.1, -0.05) is 0 Å². The average Bonchev–Trinajstić information content (AvgIpc) is 2.80. The van der Waals surface area contributed by atoms with E-state index < -0.39 is 23.8 Å². The standard InChI is InChI=1S/C7H8N6O4/c14-4-2-13(3(1-8-4)7(16)17)6(15)5-9-11-12-10-5/h3H,1-2H2,(H,8,14)(H,16,17)(H,9,10,11,12). The van der Waals surface area contributed by atoms with Crippen LogP contribution in [0.25, 0.3) is 0 Å². The summed E-state index contributed by atoms with van der Waals surface area (Å²) in [7, 11) is 0. The van der Waals surface area contributed by atoms with Crippen molar-refractivity contribution in [3.63, 3.8) is 0 Å². The number of tetrazole rings is 1. The van der Waals surface area contributed by atoms with Gasteiger partial charge in [0.05, 0.1) is 0 Å². The number of piperazine rings is 1. The summed E-state index contributed by atoms with van der Waals surface area (Å²) in [6.07, 6.45) is 0. The number of amides is 2. The normalized spacial score (nSPS) is 19.9. The van der Waals surface area contributed by atoms with E-state index in [0.717, 1.165) is 4.90 Å². The second-order valence-electron chi connectivity index (χ2n) is 3.33.